The van der Waals surface area contributed by atoms with Gasteiger partial charge in [0.1, 0.15) is 11.8 Å². The minimum Gasteiger partial charge on any atom is -0.497 e. The molecule has 0 spiro atoms. The van der Waals surface area contributed by atoms with Crippen molar-refractivity contribution >= 4 is 28.5 Å². The molecule has 0 saturated heterocycles. The van der Waals surface area contributed by atoms with Crippen molar-refractivity contribution in [2.24, 2.45) is 5.92 Å². The summed E-state index contributed by atoms with van der Waals surface area (Å²) in [6.07, 6.45) is 3.74. The Bertz CT molecular complexity index is 1170. The Kier molecular flexibility index (Phi) is 5.49. The lowest BCUT2D eigenvalue weighted by atomic mass is 9.80. The number of hydrogen-bond acceptors (Lipinski definition) is 5. The number of carbonyl (C=O) groups is 1. The number of ether oxygens (including phenoxy) is 2. The molecule has 30 heavy (non-hydrogen) atoms. The molecule has 3 aromatic rings. The fraction of sp³-hybridized carbons (Fsp3) is 0.240. The Hall–Kier alpha value is -3.65. The smallest absolute Gasteiger partial charge is 0.340 e. The highest BCUT2D eigenvalue weighted by molar-refractivity contribution is 6.06. The van der Waals surface area contributed by atoms with Crippen LogP contribution in [0, 0.1) is 17.2 Å². The van der Waals surface area contributed by atoms with Gasteiger partial charge in [-0.25, -0.2) is 9.78 Å². The van der Waals surface area contributed by atoms with Gasteiger partial charge in [0.05, 0.1) is 23.9 Å². The number of benzene rings is 2. The molecule has 0 radical (unpaired) electrons. The molecule has 0 fully saturated rings. The van der Waals surface area contributed by atoms with Crippen LogP contribution in [0.4, 0.5) is 0 Å². The molecule has 1 aromatic heterocycles. The Morgan fingerprint density at radius 1 is 1.20 bits per heavy atom. The number of esters is 1. The quantitative estimate of drug-likeness (QED) is 0.575. The standard InChI is InChI=1S/C25H22N2O3/c1-16-13-18(15-17-7-9-19(29-2)10-8-17)24-21(14-16)23(25(28)30-12-11-26)20-5-3-4-6-22(20)27-24/h3-10,15-16H,12-14H2,1-2H3/b18-15-. The first-order valence-corrected chi connectivity index (χ1v) is 9.91. The van der Waals surface area contributed by atoms with Crippen molar-refractivity contribution in [1.29, 1.82) is 5.26 Å². The topological polar surface area (TPSA) is 72.2 Å². The molecular formula is C25H22N2O3. The Morgan fingerprint density at radius 2 is 1.97 bits per heavy atom. The van der Waals surface area contributed by atoms with Gasteiger partial charge in [-0.2, -0.15) is 5.26 Å². The fourth-order valence-corrected chi connectivity index (χ4v) is 4.04. The first-order chi connectivity index (χ1) is 14.6. The van der Waals surface area contributed by atoms with Gasteiger partial charge in [-0.1, -0.05) is 37.3 Å². The van der Waals surface area contributed by atoms with Crippen LogP contribution in [0.15, 0.2) is 48.5 Å². The van der Waals surface area contributed by atoms with E-state index in [0.717, 1.165) is 51.9 Å². The molecule has 4 rings (SSSR count). The van der Waals surface area contributed by atoms with Crippen molar-refractivity contribution in [3.8, 4) is 11.8 Å². The van der Waals surface area contributed by atoms with Gasteiger partial charge in [0.2, 0.25) is 0 Å². The summed E-state index contributed by atoms with van der Waals surface area (Å²) in [4.78, 5) is 17.8. The number of hydrogen-bond donors (Lipinski definition) is 0. The largest absolute Gasteiger partial charge is 0.497 e. The second-order valence-electron chi connectivity index (χ2n) is 7.52. The summed E-state index contributed by atoms with van der Waals surface area (Å²) in [5.74, 6) is 0.693. The van der Waals surface area contributed by atoms with E-state index in [0.29, 0.717) is 11.5 Å². The predicted octanol–water partition coefficient (Wildman–Crippen LogP) is 5.05. The minimum atomic E-state index is -0.468. The van der Waals surface area contributed by atoms with Gasteiger partial charge in [0.25, 0.3) is 0 Å². The molecule has 0 amide bonds. The number of para-hydroxylation sites is 1. The number of methoxy groups -OCH3 is 1. The van der Waals surface area contributed by atoms with E-state index in [9.17, 15) is 4.79 Å². The SMILES string of the molecule is COc1ccc(/C=C2/CC(C)Cc3c2nc2ccccc2c3C(=O)OCC#N)cc1. The van der Waals surface area contributed by atoms with E-state index in [4.69, 9.17) is 19.7 Å². The van der Waals surface area contributed by atoms with Crippen molar-refractivity contribution in [1.82, 2.24) is 4.98 Å². The molecule has 150 valence electrons. The van der Waals surface area contributed by atoms with E-state index in [1.807, 2.05) is 54.6 Å². The summed E-state index contributed by atoms with van der Waals surface area (Å²) in [7, 11) is 1.65. The normalized spacial score (nSPS) is 16.7. The number of aromatic nitrogens is 1. The number of allylic oxidation sites excluding steroid dienone is 1. The van der Waals surface area contributed by atoms with E-state index in [2.05, 4.69) is 13.0 Å². The molecular weight excluding hydrogens is 376 g/mol. The van der Waals surface area contributed by atoms with E-state index in [-0.39, 0.29) is 6.61 Å². The maximum atomic E-state index is 12.9. The van der Waals surface area contributed by atoms with Crippen molar-refractivity contribution in [3.63, 3.8) is 0 Å². The first-order valence-electron chi connectivity index (χ1n) is 9.91. The van der Waals surface area contributed by atoms with Gasteiger partial charge >= 0.3 is 5.97 Å². The second-order valence-corrected chi connectivity index (χ2v) is 7.52. The summed E-state index contributed by atoms with van der Waals surface area (Å²) in [5.41, 5.74) is 5.15. The molecule has 0 saturated carbocycles. The zero-order valence-corrected chi connectivity index (χ0v) is 17.0. The maximum Gasteiger partial charge on any atom is 0.340 e. The average molecular weight is 398 g/mol. The number of nitriles is 1. The lowest BCUT2D eigenvalue weighted by Crippen LogP contribution is -2.19. The first kappa shape index (κ1) is 19.7. The van der Waals surface area contributed by atoms with Crippen molar-refractivity contribution < 1.29 is 14.3 Å². The molecule has 5 nitrogen and oxygen atoms in total. The lowest BCUT2D eigenvalue weighted by Gasteiger charge is -2.26. The Labute approximate surface area is 175 Å². The molecule has 0 bridgehead atoms. The predicted molar refractivity (Wildman–Crippen MR) is 116 cm³/mol. The zero-order chi connectivity index (χ0) is 21.1. The van der Waals surface area contributed by atoms with Crippen LogP contribution in [0.5, 0.6) is 5.75 Å². The van der Waals surface area contributed by atoms with Crippen LogP contribution in [0.2, 0.25) is 0 Å². The van der Waals surface area contributed by atoms with Crippen LogP contribution in [-0.2, 0) is 11.2 Å². The van der Waals surface area contributed by atoms with Crippen molar-refractivity contribution in [3.05, 3.63) is 70.9 Å². The zero-order valence-electron chi connectivity index (χ0n) is 17.0. The van der Waals surface area contributed by atoms with Gasteiger partial charge in [0.15, 0.2) is 6.61 Å². The summed E-state index contributed by atoms with van der Waals surface area (Å²) in [5, 5.41) is 9.60. The van der Waals surface area contributed by atoms with E-state index < -0.39 is 5.97 Å². The average Bonchev–Trinajstić information content (AvgIpc) is 2.76. The molecule has 1 heterocycles. The highest BCUT2D eigenvalue weighted by atomic mass is 16.5. The van der Waals surface area contributed by atoms with Crippen molar-refractivity contribution in [2.75, 3.05) is 13.7 Å². The molecule has 1 unspecified atom stereocenters. The number of carbonyl (C=O) groups excluding carboxylic acids is 1. The van der Waals surface area contributed by atoms with Crippen LogP contribution in [0.25, 0.3) is 22.6 Å². The number of nitrogens with zero attached hydrogens (tertiary/aromatic N) is 2. The van der Waals surface area contributed by atoms with Crippen LogP contribution in [0.1, 0.15) is 40.5 Å². The summed E-state index contributed by atoms with van der Waals surface area (Å²) >= 11 is 0. The molecule has 5 heteroatoms. The Balaban J connectivity index is 1.90. The second kappa shape index (κ2) is 8.38. The van der Waals surface area contributed by atoms with Gasteiger partial charge in [-0.3, -0.25) is 0 Å². The van der Waals surface area contributed by atoms with E-state index in [1.165, 1.54) is 0 Å². The third-order valence-corrected chi connectivity index (χ3v) is 5.35. The third-order valence-electron chi connectivity index (χ3n) is 5.35. The van der Waals surface area contributed by atoms with E-state index in [1.54, 1.807) is 7.11 Å². The van der Waals surface area contributed by atoms with Crippen LogP contribution >= 0.6 is 0 Å². The monoisotopic (exact) mass is 398 g/mol. The minimum absolute atomic E-state index is 0.269. The molecule has 1 atom stereocenters. The number of pyridine rings is 1. The van der Waals surface area contributed by atoms with Crippen LogP contribution in [0.3, 0.4) is 0 Å². The van der Waals surface area contributed by atoms with Crippen LogP contribution < -0.4 is 4.74 Å². The van der Waals surface area contributed by atoms with Crippen LogP contribution in [-0.4, -0.2) is 24.7 Å². The highest BCUT2D eigenvalue weighted by Gasteiger charge is 2.28. The lowest BCUT2D eigenvalue weighted by molar-refractivity contribution is 0.0555. The van der Waals surface area contributed by atoms with Gasteiger partial charge in [-0.15, -0.1) is 0 Å². The van der Waals surface area contributed by atoms with Gasteiger partial charge in [0, 0.05) is 5.39 Å². The number of fused-ring (bicyclic) bond motifs is 2. The summed E-state index contributed by atoms with van der Waals surface area (Å²) < 4.78 is 10.5. The molecule has 0 aliphatic heterocycles. The fourth-order valence-electron chi connectivity index (χ4n) is 4.04. The van der Waals surface area contributed by atoms with E-state index >= 15 is 0 Å². The van der Waals surface area contributed by atoms with Gasteiger partial charge in [-0.05, 0) is 59.7 Å². The molecule has 1 aliphatic carbocycles. The van der Waals surface area contributed by atoms with Crippen molar-refractivity contribution in [2.45, 2.75) is 19.8 Å². The third kappa shape index (κ3) is 3.77. The highest BCUT2D eigenvalue weighted by Crippen LogP contribution is 2.38. The maximum absolute atomic E-state index is 12.9. The molecule has 0 N–H and O–H groups in total. The number of rotatable bonds is 4. The van der Waals surface area contributed by atoms with Gasteiger partial charge < -0.3 is 9.47 Å². The Morgan fingerprint density at radius 3 is 2.70 bits per heavy atom. The molecule has 2 aromatic carbocycles. The summed E-state index contributed by atoms with van der Waals surface area (Å²) in [6.45, 7) is 1.90. The summed E-state index contributed by atoms with van der Waals surface area (Å²) in [6, 6.07) is 17.3. The molecule has 1 aliphatic rings.